The third-order valence-corrected chi connectivity index (χ3v) is 3.97. The summed E-state index contributed by atoms with van der Waals surface area (Å²) in [5, 5.41) is 0. The van der Waals surface area contributed by atoms with Crippen LogP contribution < -0.4 is 9.64 Å². The fourth-order valence-corrected chi connectivity index (χ4v) is 3.02. The van der Waals surface area contributed by atoms with Gasteiger partial charge in [-0.3, -0.25) is 0 Å². The van der Waals surface area contributed by atoms with Crippen molar-refractivity contribution in [2.45, 2.75) is 44.6 Å². The maximum absolute atomic E-state index is 14.1. The van der Waals surface area contributed by atoms with Crippen molar-refractivity contribution in [1.29, 1.82) is 0 Å². The van der Waals surface area contributed by atoms with Crippen molar-refractivity contribution in [2.24, 2.45) is 0 Å². The van der Waals surface area contributed by atoms with Gasteiger partial charge < -0.3 is 9.64 Å². The largest absolute Gasteiger partial charge is 0.488 e. The van der Waals surface area contributed by atoms with E-state index >= 15 is 0 Å². The molecular weight excluding hydrogens is 229 g/mol. The zero-order chi connectivity index (χ0) is 12.4. The lowest BCUT2D eigenvalue weighted by Gasteiger charge is -2.23. The summed E-state index contributed by atoms with van der Waals surface area (Å²) in [6.45, 7) is 1.89. The zero-order valence-electron chi connectivity index (χ0n) is 10.7. The normalized spacial score (nSPS) is 20.6. The molecule has 0 N–H and O–H groups in total. The van der Waals surface area contributed by atoms with Gasteiger partial charge in [0.05, 0.1) is 6.10 Å². The molecule has 1 saturated heterocycles. The smallest absolute Gasteiger partial charge is 0.150 e. The highest BCUT2D eigenvalue weighted by molar-refractivity contribution is 5.60. The van der Waals surface area contributed by atoms with Crippen LogP contribution in [0.5, 0.6) is 5.75 Å². The van der Waals surface area contributed by atoms with Crippen LogP contribution in [0, 0.1) is 5.82 Å². The second-order valence-electron chi connectivity index (χ2n) is 5.31. The number of rotatable bonds is 3. The van der Waals surface area contributed by atoms with E-state index in [2.05, 4.69) is 4.90 Å². The average molecular weight is 249 g/mol. The van der Waals surface area contributed by atoms with Crippen molar-refractivity contribution in [3.63, 3.8) is 0 Å². The van der Waals surface area contributed by atoms with E-state index in [1.807, 2.05) is 6.07 Å². The lowest BCUT2D eigenvalue weighted by Crippen LogP contribution is -2.21. The lowest BCUT2D eigenvalue weighted by atomic mass is 10.2. The van der Waals surface area contributed by atoms with Gasteiger partial charge in [-0.05, 0) is 50.7 Å². The zero-order valence-corrected chi connectivity index (χ0v) is 10.7. The molecule has 2 nitrogen and oxygen atoms in total. The molecule has 1 saturated carbocycles. The molecule has 2 aliphatic rings. The summed E-state index contributed by atoms with van der Waals surface area (Å²) in [4.78, 5) is 2.12. The van der Waals surface area contributed by atoms with Gasteiger partial charge in [-0.1, -0.05) is 6.07 Å². The second-order valence-corrected chi connectivity index (χ2v) is 5.31. The van der Waals surface area contributed by atoms with Gasteiger partial charge in [-0.25, -0.2) is 4.39 Å². The predicted octanol–water partition coefficient (Wildman–Crippen LogP) is 3.75. The van der Waals surface area contributed by atoms with Gasteiger partial charge >= 0.3 is 0 Å². The van der Waals surface area contributed by atoms with Crippen LogP contribution in [0.4, 0.5) is 10.1 Å². The van der Waals surface area contributed by atoms with Crippen molar-refractivity contribution in [2.75, 3.05) is 18.0 Å². The highest BCUT2D eigenvalue weighted by atomic mass is 19.1. The van der Waals surface area contributed by atoms with E-state index in [0.29, 0.717) is 5.69 Å². The number of hydrogen-bond donors (Lipinski definition) is 0. The number of anilines is 1. The first-order chi connectivity index (χ1) is 8.84. The van der Waals surface area contributed by atoms with E-state index in [9.17, 15) is 4.39 Å². The molecule has 0 amide bonds. The summed E-state index contributed by atoms with van der Waals surface area (Å²) in [6.07, 6.45) is 7.27. The molecule has 1 aliphatic heterocycles. The summed E-state index contributed by atoms with van der Waals surface area (Å²) in [5.41, 5.74) is 0.682. The van der Waals surface area contributed by atoms with E-state index in [1.165, 1.54) is 18.9 Å². The molecule has 3 heteroatoms. The van der Waals surface area contributed by atoms with Crippen LogP contribution in [0.25, 0.3) is 0 Å². The minimum absolute atomic E-state index is 0.146. The summed E-state index contributed by atoms with van der Waals surface area (Å²) in [7, 11) is 0. The molecular formula is C15H20FNO. The van der Waals surface area contributed by atoms with E-state index in [0.717, 1.165) is 44.5 Å². The number of para-hydroxylation sites is 1. The Balaban J connectivity index is 1.84. The standard InChI is InChI=1S/C15H20FNO/c16-13-8-5-9-14(18-12-6-1-2-7-12)15(13)17-10-3-4-11-17/h5,8-9,12H,1-4,6-7,10-11H2. The van der Waals surface area contributed by atoms with E-state index in [-0.39, 0.29) is 11.9 Å². The van der Waals surface area contributed by atoms with E-state index in [1.54, 1.807) is 6.07 Å². The molecule has 0 spiro atoms. The maximum atomic E-state index is 14.1. The second kappa shape index (κ2) is 5.17. The predicted molar refractivity (Wildman–Crippen MR) is 70.7 cm³/mol. The Labute approximate surface area is 108 Å². The molecule has 0 radical (unpaired) electrons. The molecule has 3 rings (SSSR count). The molecule has 1 aromatic carbocycles. The SMILES string of the molecule is Fc1cccc(OC2CCCC2)c1N1CCCC1. The number of nitrogens with zero attached hydrogens (tertiary/aromatic N) is 1. The fourth-order valence-electron chi connectivity index (χ4n) is 3.02. The van der Waals surface area contributed by atoms with Gasteiger partial charge in [0, 0.05) is 13.1 Å². The van der Waals surface area contributed by atoms with Crippen LogP contribution in [0.2, 0.25) is 0 Å². The van der Waals surface area contributed by atoms with Gasteiger partial charge in [0.25, 0.3) is 0 Å². The molecule has 2 fully saturated rings. The van der Waals surface area contributed by atoms with Gasteiger partial charge in [0.1, 0.15) is 17.3 Å². The third kappa shape index (κ3) is 2.31. The summed E-state index contributed by atoms with van der Waals surface area (Å²) >= 11 is 0. The Morgan fingerprint density at radius 1 is 1.06 bits per heavy atom. The number of hydrogen-bond acceptors (Lipinski definition) is 2. The highest BCUT2D eigenvalue weighted by Crippen LogP contribution is 2.36. The minimum Gasteiger partial charge on any atom is -0.488 e. The third-order valence-electron chi connectivity index (χ3n) is 3.97. The molecule has 0 unspecified atom stereocenters. The molecule has 18 heavy (non-hydrogen) atoms. The van der Waals surface area contributed by atoms with Crippen molar-refractivity contribution in [1.82, 2.24) is 0 Å². The van der Waals surface area contributed by atoms with Crippen LogP contribution in [0.1, 0.15) is 38.5 Å². The van der Waals surface area contributed by atoms with Gasteiger partial charge in [-0.15, -0.1) is 0 Å². The van der Waals surface area contributed by atoms with Gasteiger partial charge in [-0.2, -0.15) is 0 Å². The van der Waals surface area contributed by atoms with Crippen LogP contribution in [0.3, 0.4) is 0 Å². The van der Waals surface area contributed by atoms with Crippen LogP contribution in [-0.2, 0) is 0 Å². The molecule has 1 heterocycles. The summed E-state index contributed by atoms with van der Waals surface area (Å²) in [5.74, 6) is 0.594. The quantitative estimate of drug-likeness (QED) is 0.809. The number of halogens is 1. The van der Waals surface area contributed by atoms with Crippen molar-refractivity contribution < 1.29 is 9.13 Å². The first-order valence-corrected chi connectivity index (χ1v) is 7.05. The fraction of sp³-hybridized carbons (Fsp3) is 0.600. The van der Waals surface area contributed by atoms with E-state index < -0.39 is 0 Å². The monoisotopic (exact) mass is 249 g/mol. The van der Waals surface area contributed by atoms with Gasteiger partial charge in [0.2, 0.25) is 0 Å². The first-order valence-electron chi connectivity index (χ1n) is 7.05. The Morgan fingerprint density at radius 3 is 2.50 bits per heavy atom. The molecule has 0 aromatic heterocycles. The average Bonchev–Trinajstić information content (AvgIpc) is 3.01. The van der Waals surface area contributed by atoms with Crippen LogP contribution >= 0.6 is 0 Å². The topological polar surface area (TPSA) is 12.5 Å². The van der Waals surface area contributed by atoms with Crippen LogP contribution in [-0.4, -0.2) is 19.2 Å². The molecule has 98 valence electrons. The lowest BCUT2D eigenvalue weighted by molar-refractivity contribution is 0.210. The Bertz CT molecular complexity index is 409. The van der Waals surface area contributed by atoms with Gasteiger partial charge in [0.15, 0.2) is 0 Å². The molecule has 0 bridgehead atoms. The Hall–Kier alpha value is -1.25. The Kier molecular flexibility index (Phi) is 3.39. The number of benzene rings is 1. The Morgan fingerprint density at radius 2 is 1.78 bits per heavy atom. The van der Waals surface area contributed by atoms with E-state index in [4.69, 9.17) is 4.74 Å². The first kappa shape index (κ1) is 11.8. The number of ether oxygens (including phenoxy) is 1. The minimum atomic E-state index is -0.146. The van der Waals surface area contributed by atoms with Crippen LogP contribution in [0.15, 0.2) is 18.2 Å². The van der Waals surface area contributed by atoms with Crippen molar-refractivity contribution >= 4 is 5.69 Å². The summed E-state index contributed by atoms with van der Waals surface area (Å²) < 4.78 is 20.1. The molecule has 1 aromatic rings. The molecule has 1 aliphatic carbocycles. The van der Waals surface area contributed by atoms with Crippen molar-refractivity contribution in [3.8, 4) is 5.75 Å². The maximum Gasteiger partial charge on any atom is 0.150 e. The van der Waals surface area contributed by atoms with Crippen molar-refractivity contribution in [3.05, 3.63) is 24.0 Å². The molecule has 0 atom stereocenters. The highest BCUT2D eigenvalue weighted by Gasteiger charge is 2.23. The summed E-state index contributed by atoms with van der Waals surface area (Å²) in [6, 6.07) is 5.20.